The molecule has 3 heteroatoms. The Morgan fingerprint density at radius 2 is 2.50 bits per heavy atom. The Labute approximate surface area is 47.3 Å². The van der Waals surface area contributed by atoms with E-state index in [0.29, 0.717) is 6.61 Å². The average Bonchev–Trinajstić information content (AvgIpc) is 2.43. The molecule has 2 atom stereocenters. The van der Waals surface area contributed by atoms with Crippen LogP contribution in [0.4, 0.5) is 0 Å². The third-order valence-corrected chi connectivity index (χ3v) is 1.31. The van der Waals surface area contributed by atoms with Gasteiger partial charge in [-0.2, -0.15) is 0 Å². The fourth-order valence-electron chi connectivity index (χ4n) is 0.503. The molecule has 0 aromatic rings. The summed E-state index contributed by atoms with van der Waals surface area (Å²) in [5.74, 6) is -1.09. The number of rotatable bonds is 2. The number of epoxide rings is 1. The third kappa shape index (κ3) is 0.980. The molecule has 0 saturated carbocycles. The summed E-state index contributed by atoms with van der Waals surface area (Å²) in [5.41, 5.74) is 0. The zero-order valence-electron chi connectivity index (χ0n) is 4.63. The highest BCUT2D eigenvalue weighted by atomic mass is 16.6. The molecule has 1 unspecified atom stereocenters. The molecule has 1 fully saturated rings. The molecule has 0 aromatic heterocycles. The molecule has 0 amide bonds. The van der Waals surface area contributed by atoms with Gasteiger partial charge in [-0.05, 0) is 6.92 Å². The number of carbonyl (C=O) groups is 1. The van der Waals surface area contributed by atoms with Crippen molar-refractivity contribution in [1.82, 2.24) is 0 Å². The molecule has 3 nitrogen and oxygen atoms in total. The SMILES string of the molecule is C[C@@H](C(=O)O)C1CO1. The summed E-state index contributed by atoms with van der Waals surface area (Å²) in [4.78, 5) is 10.1. The lowest BCUT2D eigenvalue weighted by Gasteiger charge is -1.96. The van der Waals surface area contributed by atoms with Crippen LogP contribution in [-0.2, 0) is 9.53 Å². The standard InChI is InChI=1S/C5H8O3/c1-3(5(6)7)4-2-8-4/h3-4H,2H2,1H3,(H,6,7)/t3-,4?/m1/s1. The van der Waals surface area contributed by atoms with Crippen molar-refractivity contribution in [3.8, 4) is 0 Å². The van der Waals surface area contributed by atoms with Crippen LogP contribution in [0.25, 0.3) is 0 Å². The van der Waals surface area contributed by atoms with E-state index in [0.717, 1.165) is 0 Å². The van der Waals surface area contributed by atoms with Crippen molar-refractivity contribution in [2.45, 2.75) is 13.0 Å². The highest BCUT2D eigenvalue weighted by molar-refractivity contribution is 5.70. The van der Waals surface area contributed by atoms with Crippen LogP contribution >= 0.6 is 0 Å². The lowest BCUT2D eigenvalue weighted by Crippen LogP contribution is -2.15. The number of hydrogen-bond donors (Lipinski definition) is 1. The van der Waals surface area contributed by atoms with Crippen molar-refractivity contribution in [3.63, 3.8) is 0 Å². The minimum atomic E-state index is -0.771. The Balaban J connectivity index is 2.32. The summed E-state index contributed by atoms with van der Waals surface area (Å²) in [7, 11) is 0. The summed E-state index contributed by atoms with van der Waals surface area (Å²) in [5, 5.41) is 8.31. The number of carboxylic acids is 1. The number of hydrogen-bond acceptors (Lipinski definition) is 2. The van der Waals surface area contributed by atoms with E-state index in [-0.39, 0.29) is 12.0 Å². The summed E-state index contributed by atoms with van der Waals surface area (Å²) >= 11 is 0. The molecule has 1 saturated heterocycles. The summed E-state index contributed by atoms with van der Waals surface area (Å²) in [6.45, 7) is 2.27. The van der Waals surface area contributed by atoms with E-state index in [1.807, 2.05) is 0 Å². The van der Waals surface area contributed by atoms with Crippen LogP contribution in [0.15, 0.2) is 0 Å². The third-order valence-electron chi connectivity index (χ3n) is 1.31. The molecule has 1 aliphatic heterocycles. The molecule has 0 spiro atoms. The van der Waals surface area contributed by atoms with Crippen molar-refractivity contribution in [3.05, 3.63) is 0 Å². The van der Waals surface area contributed by atoms with Gasteiger partial charge in [0.05, 0.1) is 18.6 Å². The van der Waals surface area contributed by atoms with Gasteiger partial charge in [-0.1, -0.05) is 0 Å². The van der Waals surface area contributed by atoms with Crippen LogP contribution in [-0.4, -0.2) is 23.8 Å². The monoisotopic (exact) mass is 116 g/mol. The Hall–Kier alpha value is -0.570. The van der Waals surface area contributed by atoms with Crippen LogP contribution in [0, 0.1) is 5.92 Å². The van der Waals surface area contributed by atoms with Gasteiger partial charge in [-0.15, -0.1) is 0 Å². The van der Waals surface area contributed by atoms with E-state index in [1.165, 1.54) is 0 Å². The van der Waals surface area contributed by atoms with Crippen molar-refractivity contribution >= 4 is 5.97 Å². The zero-order valence-corrected chi connectivity index (χ0v) is 4.63. The highest BCUT2D eigenvalue weighted by Crippen LogP contribution is 2.19. The highest BCUT2D eigenvalue weighted by Gasteiger charge is 2.33. The second-order valence-electron chi connectivity index (χ2n) is 2.00. The van der Waals surface area contributed by atoms with E-state index in [1.54, 1.807) is 6.92 Å². The molecular formula is C5H8O3. The van der Waals surface area contributed by atoms with Gasteiger partial charge in [-0.3, -0.25) is 4.79 Å². The van der Waals surface area contributed by atoms with E-state index < -0.39 is 5.97 Å². The van der Waals surface area contributed by atoms with Gasteiger partial charge in [0.25, 0.3) is 0 Å². The molecule has 0 aliphatic carbocycles. The van der Waals surface area contributed by atoms with Crippen molar-refractivity contribution in [1.29, 1.82) is 0 Å². The fraction of sp³-hybridized carbons (Fsp3) is 0.800. The van der Waals surface area contributed by atoms with Gasteiger partial charge in [0.15, 0.2) is 0 Å². The van der Waals surface area contributed by atoms with E-state index in [4.69, 9.17) is 9.84 Å². The van der Waals surface area contributed by atoms with Gasteiger partial charge in [0.2, 0.25) is 0 Å². The molecule has 0 bridgehead atoms. The number of carboxylic acid groups (broad SMARTS) is 1. The summed E-state index contributed by atoms with van der Waals surface area (Å²) in [6.07, 6.45) is -0.00694. The second kappa shape index (κ2) is 1.74. The number of ether oxygens (including phenoxy) is 1. The molecule has 1 rings (SSSR count). The normalized spacial score (nSPS) is 29.4. The predicted molar refractivity (Wildman–Crippen MR) is 26.5 cm³/mol. The lowest BCUT2D eigenvalue weighted by atomic mass is 10.1. The van der Waals surface area contributed by atoms with Gasteiger partial charge in [0, 0.05) is 0 Å². The first-order valence-corrected chi connectivity index (χ1v) is 2.56. The minimum absolute atomic E-state index is 0.00694. The minimum Gasteiger partial charge on any atom is -0.481 e. The largest absolute Gasteiger partial charge is 0.481 e. The van der Waals surface area contributed by atoms with Crippen LogP contribution in [0.5, 0.6) is 0 Å². The Kier molecular flexibility index (Phi) is 1.21. The Morgan fingerprint density at radius 1 is 2.00 bits per heavy atom. The van der Waals surface area contributed by atoms with Crippen LogP contribution in [0.3, 0.4) is 0 Å². The smallest absolute Gasteiger partial charge is 0.308 e. The molecule has 0 radical (unpaired) electrons. The zero-order chi connectivity index (χ0) is 6.15. The van der Waals surface area contributed by atoms with Crippen molar-refractivity contribution in [2.75, 3.05) is 6.61 Å². The van der Waals surface area contributed by atoms with Gasteiger partial charge >= 0.3 is 5.97 Å². The van der Waals surface area contributed by atoms with E-state index in [2.05, 4.69) is 0 Å². The fourth-order valence-corrected chi connectivity index (χ4v) is 0.503. The van der Waals surface area contributed by atoms with E-state index in [9.17, 15) is 4.79 Å². The quantitative estimate of drug-likeness (QED) is 0.521. The maximum atomic E-state index is 10.1. The molecule has 8 heavy (non-hydrogen) atoms. The lowest BCUT2D eigenvalue weighted by molar-refractivity contribution is -0.141. The van der Waals surface area contributed by atoms with Gasteiger partial charge in [-0.25, -0.2) is 0 Å². The van der Waals surface area contributed by atoms with Crippen LogP contribution in [0.2, 0.25) is 0 Å². The van der Waals surface area contributed by atoms with Gasteiger partial charge in [0.1, 0.15) is 0 Å². The Morgan fingerprint density at radius 3 is 2.62 bits per heavy atom. The molecule has 0 aromatic carbocycles. The second-order valence-corrected chi connectivity index (χ2v) is 2.00. The molecule has 1 heterocycles. The summed E-state index contributed by atoms with van der Waals surface area (Å²) < 4.78 is 4.75. The molecule has 1 N–H and O–H groups in total. The molecule has 46 valence electrons. The van der Waals surface area contributed by atoms with Crippen molar-refractivity contribution < 1.29 is 14.6 Å². The topological polar surface area (TPSA) is 49.8 Å². The maximum absolute atomic E-state index is 10.1. The molecular weight excluding hydrogens is 108 g/mol. The number of aliphatic carboxylic acids is 1. The first-order valence-electron chi connectivity index (χ1n) is 2.56. The summed E-state index contributed by atoms with van der Waals surface area (Å²) in [6, 6.07) is 0. The van der Waals surface area contributed by atoms with Crippen LogP contribution < -0.4 is 0 Å². The maximum Gasteiger partial charge on any atom is 0.308 e. The van der Waals surface area contributed by atoms with E-state index >= 15 is 0 Å². The average molecular weight is 116 g/mol. The molecule has 1 aliphatic rings. The first-order chi connectivity index (χ1) is 3.72. The van der Waals surface area contributed by atoms with Crippen LogP contribution in [0.1, 0.15) is 6.92 Å². The van der Waals surface area contributed by atoms with Gasteiger partial charge < -0.3 is 9.84 Å². The predicted octanol–water partition coefficient (Wildman–Crippen LogP) is 0.106. The first kappa shape index (κ1) is 5.56. The Bertz CT molecular complexity index is 106. The van der Waals surface area contributed by atoms with Crippen molar-refractivity contribution in [2.24, 2.45) is 5.92 Å².